The van der Waals surface area contributed by atoms with Gasteiger partial charge in [0.15, 0.2) is 0 Å². The number of allylic oxidation sites excluding steroid dienone is 1. The molecule has 2 aromatic carbocycles. The number of benzene rings is 2. The lowest BCUT2D eigenvalue weighted by atomic mass is 9.96. The molecule has 2 aromatic rings. The Kier molecular flexibility index (Phi) is 2.37. The quantitative estimate of drug-likeness (QED) is 0.702. The van der Waals surface area contributed by atoms with Crippen molar-refractivity contribution >= 4 is 29.6 Å². The van der Waals surface area contributed by atoms with Crippen molar-refractivity contribution in [2.45, 2.75) is 13.3 Å². The third kappa shape index (κ3) is 1.56. The highest BCUT2D eigenvalue weighted by Gasteiger charge is 2.16. The third-order valence-corrected chi connectivity index (χ3v) is 4.26. The van der Waals surface area contributed by atoms with E-state index >= 15 is 0 Å². The van der Waals surface area contributed by atoms with Gasteiger partial charge in [-0.2, -0.15) is 0 Å². The van der Waals surface area contributed by atoms with E-state index in [2.05, 4.69) is 73.5 Å². The van der Waals surface area contributed by atoms with Gasteiger partial charge in [-0.3, -0.25) is 0 Å². The maximum absolute atomic E-state index is 2.34. The molecule has 98 valence electrons. The molecular weight excluding hydrogens is 242 g/mol. The van der Waals surface area contributed by atoms with Gasteiger partial charge in [0.25, 0.3) is 0 Å². The van der Waals surface area contributed by atoms with Gasteiger partial charge in [0.1, 0.15) is 0 Å². The molecule has 1 aliphatic carbocycles. The SMILES string of the molecule is Cc1ccc2c(c1)C=c1c(ccc3c1=CCC=C3)N2C. The highest BCUT2D eigenvalue weighted by molar-refractivity contribution is 5.81. The fourth-order valence-corrected chi connectivity index (χ4v) is 3.22. The number of hydrogen-bond acceptors (Lipinski definition) is 1. The van der Waals surface area contributed by atoms with Crippen molar-refractivity contribution in [3.8, 4) is 0 Å². The maximum Gasteiger partial charge on any atom is 0.0488 e. The van der Waals surface area contributed by atoms with Crippen LogP contribution in [0.25, 0.3) is 18.2 Å². The molecule has 0 radical (unpaired) electrons. The topological polar surface area (TPSA) is 3.24 Å². The maximum atomic E-state index is 2.34. The van der Waals surface area contributed by atoms with Crippen molar-refractivity contribution in [2.24, 2.45) is 0 Å². The minimum absolute atomic E-state index is 1.03. The van der Waals surface area contributed by atoms with E-state index in [1.54, 1.807) is 0 Å². The third-order valence-electron chi connectivity index (χ3n) is 4.26. The summed E-state index contributed by atoms with van der Waals surface area (Å²) >= 11 is 0. The lowest BCUT2D eigenvalue weighted by molar-refractivity contribution is 1.16. The van der Waals surface area contributed by atoms with E-state index in [9.17, 15) is 0 Å². The molecule has 1 nitrogen and oxygen atoms in total. The Morgan fingerprint density at radius 3 is 2.70 bits per heavy atom. The van der Waals surface area contributed by atoms with Crippen LogP contribution in [-0.4, -0.2) is 7.05 Å². The number of anilines is 2. The zero-order valence-corrected chi connectivity index (χ0v) is 11.9. The summed E-state index contributed by atoms with van der Waals surface area (Å²) in [6.07, 6.45) is 10.2. The molecule has 1 aliphatic heterocycles. The Morgan fingerprint density at radius 2 is 1.80 bits per heavy atom. The summed E-state index contributed by atoms with van der Waals surface area (Å²) in [6.45, 7) is 2.15. The van der Waals surface area contributed by atoms with E-state index in [4.69, 9.17) is 0 Å². The van der Waals surface area contributed by atoms with Gasteiger partial charge in [0, 0.05) is 23.6 Å². The second-order valence-electron chi connectivity index (χ2n) is 5.61. The van der Waals surface area contributed by atoms with Crippen LogP contribution >= 0.6 is 0 Å². The van der Waals surface area contributed by atoms with Crippen molar-refractivity contribution in [2.75, 3.05) is 11.9 Å². The van der Waals surface area contributed by atoms with E-state index in [1.807, 2.05) is 0 Å². The van der Waals surface area contributed by atoms with Crippen molar-refractivity contribution in [1.82, 2.24) is 0 Å². The predicted octanol–water partition coefficient (Wildman–Crippen LogP) is 3.10. The van der Waals surface area contributed by atoms with Gasteiger partial charge in [-0.25, -0.2) is 0 Å². The molecule has 0 saturated carbocycles. The second kappa shape index (κ2) is 4.11. The van der Waals surface area contributed by atoms with Gasteiger partial charge >= 0.3 is 0 Å². The van der Waals surface area contributed by atoms with Crippen LogP contribution in [-0.2, 0) is 0 Å². The van der Waals surface area contributed by atoms with Gasteiger partial charge in [-0.15, -0.1) is 0 Å². The van der Waals surface area contributed by atoms with Crippen LogP contribution in [0.4, 0.5) is 11.4 Å². The lowest BCUT2D eigenvalue weighted by Crippen LogP contribution is -2.36. The van der Waals surface area contributed by atoms with E-state index in [-0.39, 0.29) is 0 Å². The minimum atomic E-state index is 1.03. The summed E-state index contributed by atoms with van der Waals surface area (Å²) in [7, 11) is 2.16. The molecule has 0 fully saturated rings. The Labute approximate surface area is 119 Å². The number of nitrogens with zero attached hydrogens (tertiary/aromatic N) is 1. The molecule has 0 atom stereocenters. The second-order valence-corrected chi connectivity index (χ2v) is 5.61. The van der Waals surface area contributed by atoms with Crippen LogP contribution in [0.15, 0.2) is 36.4 Å². The predicted molar refractivity (Wildman–Crippen MR) is 86.6 cm³/mol. The molecular formula is C19H17N. The monoisotopic (exact) mass is 259 g/mol. The van der Waals surface area contributed by atoms with Gasteiger partial charge in [0.2, 0.25) is 0 Å². The zero-order chi connectivity index (χ0) is 13.7. The first-order chi connectivity index (χ1) is 9.74. The van der Waals surface area contributed by atoms with Crippen molar-refractivity contribution in [1.29, 1.82) is 0 Å². The molecule has 1 heterocycles. The van der Waals surface area contributed by atoms with Crippen LogP contribution in [0, 0.1) is 6.92 Å². The van der Waals surface area contributed by atoms with Crippen molar-refractivity contribution in [3.05, 3.63) is 63.5 Å². The molecule has 0 aromatic heterocycles. The average molecular weight is 259 g/mol. The largest absolute Gasteiger partial charge is 0.344 e. The van der Waals surface area contributed by atoms with Crippen LogP contribution < -0.4 is 15.3 Å². The molecule has 4 rings (SSSR count). The van der Waals surface area contributed by atoms with E-state index in [0.717, 1.165) is 6.42 Å². The van der Waals surface area contributed by atoms with Gasteiger partial charge in [-0.1, -0.05) is 35.9 Å². The molecule has 20 heavy (non-hydrogen) atoms. The molecule has 0 spiro atoms. The Morgan fingerprint density at radius 1 is 0.950 bits per heavy atom. The minimum Gasteiger partial charge on any atom is -0.344 e. The van der Waals surface area contributed by atoms with Gasteiger partial charge < -0.3 is 4.90 Å². The molecule has 0 amide bonds. The van der Waals surface area contributed by atoms with Crippen LogP contribution in [0.1, 0.15) is 23.1 Å². The fourth-order valence-electron chi connectivity index (χ4n) is 3.22. The van der Waals surface area contributed by atoms with Crippen molar-refractivity contribution < 1.29 is 0 Å². The van der Waals surface area contributed by atoms with Crippen molar-refractivity contribution in [3.63, 3.8) is 0 Å². The molecule has 0 unspecified atom stereocenters. The normalized spacial score (nSPS) is 14.8. The molecule has 1 heteroatoms. The zero-order valence-electron chi connectivity index (χ0n) is 11.9. The highest BCUT2D eigenvalue weighted by atomic mass is 15.1. The smallest absolute Gasteiger partial charge is 0.0488 e. The van der Waals surface area contributed by atoms with E-state index in [0.29, 0.717) is 0 Å². The summed E-state index contributed by atoms with van der Waals surface area (Å²) in [4.78, 5) is 2.30. The van der Waals surface area contributed by atoms with Gasteiger partial charge in [-0.05, 0) is 54.0 Å². The number of aryl methyl sites for hydroxylation is 1. The molecule has 0 bridgehead atoms. The summed E-state index contributed by atoms with van der Waals surface area (Å²) < 4.78 is 0. The van der Waals surface area contributed by atoms with Crippen LogP contribution in [0.2, 0.25) is 0 Å². The van der Waals surface area contributed by atoms with Gasteiger partial charge in [0.05, 0.1) is 0 Å². The summed E-state index contributed by atoms with van der Waals surface area (Å²) in [5.74, 6) is 0. The number of hydrogen-bond donors (Lipinski definition) is 0. The highest BCUT2D eigenvalue weighted by Crippen LogP contribution is 2.29. The average Bonchev–Trinajstić information content (AvgIpc) is 2.47. The van der Waals surface area contributed by atoms with Crippen LogP contribution in [0.3, 0.4) is 0 Å². The summed E-state index contributed by atoms with van der Waals surface area (Å²) in [6, 6.07) is 11.1. The fraction of sp³-hybridized carbons (Fsp3) is 0.158. The first-order valence-corrected chi connectivity index (χ1v) is 7.10. The lowest BCUT2D eigenvalue weighted by Gasteiger charge is -2.27. The summed E-state index contributed by atoms with van der Waals surface area (Å²) in [5.41, 5.74) is 6.54. The van der Waals surface area contributed by atoms with E-state index in [1.165, 1.54) is 38.5 Å². The Balaban J connectivity index is 2.12. The van der Waals surface area contributed by atoms with Crippen LogP contribution in [0.5, 0.6) is 0 Å². The first kappa shape index (κ1) is 11.5. The first-order valence-electron chi connectivity index (χ1n) is 7.10. The standard InChI is InChI=1S/C19H17N/c1-13-7-9-18-15(11-13)12-17-16-6-4-3-5-14(16)8-10-19(17)20(18)2/h3,5-12H,4H2,1-2H3. The Bertz CT molecular complexity index is 856. The number of rotatable bonds is 0. The number of fused-ring (bicyclic) bond motifs is 4. The summed E-state index contributed by atoms with van der Waals surface area (Å²) in [5, 5.41) is 2.73. The Hall–Kier alpha value is -2.28. The molecule has 2 aliphatic rings. The molecule has 0 N–H and O–H groups in total. The van der Waals surface area contributed by atoms with E-state index < -0.39 is 0 Å². The molecule has 0 saturated heterocycles.